The highest BCUT2D eigenvalue weighted by atomic mass is 79.9. The van der Waals surface area contributed by atoms with Crippen molar-refractivity contribution in [2.24, 2.45) is 0 Å². The molecule has 0 amide bonds. The zero-order valence-electron chi connectivity index (χ0n) is 7.92. The van der Waals surface area contributed by atoms with Gasteiger partial charge in [0.15, 0.2) is 0 Å². The lowest BCUT2D eigenvalue weighted by Crippen LogP contribution is -1.92. The smallest absolute Gasteiger partial charge is 0.0548 e. The fourth-order valence-corrected chi connectivity index (χ4v) is 3.39. The Morgan fingerprint density at radius 3 is 2.60 bits per heavy atom. The minimum Gasteiger partial charge on any atom is -0.354 e. The SMILES string of the molecule is BrPc1cccc2c1[nH]c1ccccc12. The number of H-pyrrole nitrogens is 1. The molecule has 2 aromatic carbocycles. The highest BCUT2D eigenvalue weighted by Crippen LogP contribution is 2.29. The molecule has 1 aromatic heterocycles. The van der Waals surface area contributed by atoms with E-state index in [4.69, 9.17) is 0 Å². The normalized spacial score (nSPS) is 12.1. The highest BCUT2D eigenvalue weighted by molar-refractivity contribution is 9.37. The molecule has 0 bridgehead atoms. The van der Waals surface area contributed by atoms with Gasteiger partial charge >= 0.3 is 0 Å². The van der Waals surface area contributed by atoms with Crippen LogP contribution in [0.5, 0.6) is 0 Å². The molecular weight excluding hydrogens is 269 g/mol. The molecule has 0 aliphatic carbocycles. The van der Waals surface area contributed by atoms with E-state index in [2.05, 4.69) is 62.9 Å². The van der Waals surface area contributed by atoms with E-state index in [0.717, 1.165) is 0 Å². The Morgan fingerprint density at radius 1 is 0.933 bits per heavy atom. The van der Waals surface area contributed by atoms with Gasteiger partial charge in [-0.1, -0.05) is 51.9 Å². The van der Waals surface area contributed by atoms with Crippen molar-refractivity contribution in [3.63, 3.8) is 0 Å². The molecule has 0 radical (unpaired) electrons. The van der Waals surface area contributed by atoms with E-state index in [1.807, 2.05) is 0 Å². The number of hydrogen-bond acceptors (Lipinski definition) is 0. The van der Waals surface area contributed by atoms with Crippen LogP contribution in [0.4, 0.5) is 0 Å². The summed E-state index contributed by atoms with van der Waals surface area (Å²) in [7, 11) is 0.650. The van der Waals surface area contributed by atoms with Gasteiger partial charge in [-0.3, -0.25) is 0 Å². The van der Waals surface area contributed by atoms with E-state index >= 15 is 0 Å². The Morgan fingerprint density at radius 2 is 1.73 bits per heavy atom. The molecule has 0 fully saturated rings. The Kier molecular flexibility index (Phi) is 2.27. The standard InChI is InChI=1S/C12H9BrNP/c13-15-11-7-3-5-9-8-4-1-2-6-10(8)14-12(9)11/h1-7,14-15H. The molecule has 1 heterocycles. The molecular formula is C12H9BrNP. The fourth-order valence-electron chi connectivity index (χ4n) is 1.95. The predicted octanol–water partition coefficient (Wildman–Crippen LogP) is 3.93. The van der Waals surface area contributed by atoms with Crippen LogP contribution in [0.15, 0.2) is 42.5 Å². The van der Waals surface area contributed by atoms with Gasteiger partial charge in [-0.25, -0.2) is 0 Å². The van der Waals surface area contributed by atoms with Crippen LogP contribution < -0.4 is 5.30 Å². The maximum absolute atomic E-state index is 3.54. The molecule has 1 unspecified atom stereocenters. The summed E-state index contributed by atoms with van der Waals surface area (Å²) in [6, 6.07) is 14.9. The molecule has 1 atom stereocenters. The van der Waals surface area contributed by atoms with Gasteiger partial charge in [0.1, 0.15) is 0 Å². The lowest BCUT2D eigenvalue weighted by molar-refractivity contribution is 1.56. The van der Waals surface area contributed by atoms with Crippen molar-refractivity contribution in [3.8, 4) is 0 Å². The van der Waals surface area contributed by atoms with E-state index in [-0.39, 0.29) is 0 Å². The second kappa shape index (κ2) is 3.62. The molecule has 3 rings (SSSR count). The quantitative estimate of drug-likeness (QED) is 0.649. The molecule has 0 aliphatic rings. The number of benzene rings is 2. The summed E-state index contributed by atoms with van der Waals surface area (Å²) in [5.74, 6) is 0. The molecule has 0 saturated heterocycles. The number of rotatable bonds is 1. The van der Waals surface area contributed by atoms with E-state index in [0.29, 0.717) is 7.28 Å². The van der Waals surface area contributed by atoms with Crippen molar-refractivity contribution in [2.45, 2.75) is 0 Å². The van der Waals surface area contributed by atoms with Gasteiger partial charge in [0.2, 0.25) is 0 Å². The van der Waals surface area contributed by atoms with Crippen molar-refractivity contribution in [1.29, 1.82) is 0 Å². The number of para-hydroxylation sites is 2. The number of nitrogens with one attached hydrogen (secondary N) is 1. The first-order valence-electron chi connectivity index (χ1n) is 4.76. The Labute approximate surface area is 97.4 Å². The van der Waals surface area contributed by atoms with Crippen LogP contribution in [0, 0.1) is 0 Å². The third kappa shape index (κ3) is 1.40. The van der Waals surface area contributed by atoms with Crippen molar-refractivity contribution in [3.05, 3.63) is 42.5 Å². The molecule has 74 valence electrons. The Balaban J connectivity index is 2.53. The molecule has 0 aliphatic heterocycles. The lowest BCUT2D eigenvalue weighted by atomic mass is 10.1. The molecule has 15 heavy (non-hydrogen) atoms. The summed E-state index contributed by atoms with van der Waals surface area (Å²) in [4.78, 5) is 3.47. The second-order valence-electron chi connectivity index (χ2n) is 3.49. The van der Waals surface area contributed by atoms with Crippen molar-refractivity contribution in [1.82, 2.24) is 4.98 Å². The summed E-state index contributed by atoms with van der Waals surface area (Å²) in [5.41, 5.74) is 2.47. The topological polar surface area (TPSA) is 15.8 Å². The Hall–Kier alpha value is -0.850. The van der Waals surface area contributed by atoms with Gasteiger partial charge in [0, 0.05) is 21.6 Å². The maximum atomic E-state index is 3.54. The summed E-state index contributed by atoms with van der Waals surface area (Å²) >= 11 is 3.54. The predicted molar refractivity (Wildman–Crippen MR) is 72.7 cm³/mol. The summed E-state index contributed by atoms with van der Waals surface area (Å²) in [6.07, 6.45) is 0. The van der Waals surface area contributed by atoms with Crippen molar-refractivity contribution >= 4 is 49.9 Å². The maximum Gasteiger partial charge on any atom is 0.0548 e. The minimum atomic E-state index is 0.650. The van der Waals surface area contributed by atoms with Crippen LogP contribution >= 0.6 is 22.8 Å². The Bertz CT molecular complexity index is 630. The number of hydrogen-bond donors (Lipinski definition) is 1. The third-order valence-corrected chi connectivity index (χ3v) is 4.54. The first kappa shape index (κ1) is 9.38. The van der Waals surface area contributed by atoms with Crippen LogP contribution in [-0.4, -0.2) is 4.98 Å². The van der Waals surface area contributed by atoms with Crippen LogP contribution in [-0.2, 0) is 0 Å². The zero-order chi connectivity index (χ0) is 10.3. The molecule has 3 aromatic rings. The van der Waals surface area contributed by atoms with Crippen LogP contribution in [0.2, 0.25) is 0 Å². The molecule has 3 heteroatoms. The van der Waals surface area contributed by atoms with Gasteiger partial charge in [0.25, 0.3) is 0 Å². The van der Waals surface area contributed by atoms with Gasteiger partial charge in [-0.05, 0) is 13.3 Å². The van der Waals surface area contributed by atoms with E-state index in [9.17, 15) is 0 Å². The average molecular weight is 278 g/mol. The van der Waals surface area contributed by atoms with E-state index in [1.54, 1.807) is 0 Å². The summed E-state index contributed by atoms with van der Waals surface area (Å²) < 4.78 is 0. The highest BCUT2D eigenvalue weighted by Gasteiger charge is 2.05. The van der Waals surface area contributed by atoms with E-state index < -0.39 is 0 Å². The van der Waals surface area contributed by atoms with Gasteiger partial charge in [0.05, 0.1) is 5.52 Å². The number of halogens is 1. The minimum absolute atomic E-state index is 0.650. The van der Waals surface area contributed by atoms with Gasteiger partial charge in [-0.15, -0.1) is 0 Å². The first-order chi connectivity index (χ1) is 7.40. The molecule has 0 spiro atoms. The monoisotopic (exact) mass is 277 g/mol. The molecule has 0 saturated carbocycles. The summed E-state index contributed by atoms with van der Waals surface area (Å²) in [6.45, 7) is 0. The number of aromatic amines is 1. The van der Waals surface area contributed by atoms with Crippen molar-refractivity contribution in [2.75, 3.05) is 0 Å². The van der Waals surface area contributed by atoms with Gasteiger partial charge < -0.3 is 4.98 Å². The van der Waals surface area contributed by atoms with Crippen molar-refractivity contribution < 1.29 is 0 Å². The second-order valence-corrected chi connectivity index (χ2v) is 5.41. The number of fused-ring (bicyclic) bond motifs is 3. The lowest BCUT2D eigenvalue weighted by Gasteiger charge is -1.96. The van der Waals surface area contributed by atoms with E-state index in [1.165, 1.54) is 27.1 Å². The molecule has 1 N–H and O–H groups in total. The van der Waals surface area contributed by atoms with Crippen LogP contribution in [0.1, 0.15) is 0 Å². The number of aromatic nitrogens is 1. The first-order valence-corrected chi connectivity index (χ1v) is 8.02. The molecule has 1 nitrogen and oxygen atoms in total. The van der Waals surface area contributed by atoms with Crippen LogP contribution in [0.25, 0.3) is 21.8 Å². The zero-order valence-corrected chi connectivity index (χ0v) is 10.5. The summed E-state index contributed by atoms with van der Waals surface area (Å²) in [5, 5.41) is 3.96. The van der Waals surface area contributed by atoms with Crippen LogP contribution in [0.3, 0.4) is 0 Å². The third-order valence-electron chi connectivity index (χ3n) is 2.64. The average Bonchev–Trinajstić information content (AvgIpc) is 2.67. The fraction of sp³-hybridized carbons (Fsp3) is 0. The van der Waals surface area contributed by atoms with Gasteiger partial charge in [-0.2, -0.15) is 0 Å². The largest absolute Gasteiger partial charge is 0.354 e.